The molecule has 0 spiro atoms. The molecule has 11 rings (SSSR count). The summed E-state index contributed by atoms with van der Waals surface area (Å²) in [6.45, 7) is 18.3. The summed E-state index contributed by atoms with van der Waals surface area (Å²) in [4.78, 5) is 5.28. The summed E-state index contributed by atoms with van der Waals surface area (Å²) < 4.78 is 2.63. The Bertz CT molecular complexity index is 3220. The van der Waals surface area contributed by atoms with E-state index in [1.165, 1.54) is 115 Å². The lowest BCUT2D eigenvalue weighted by Gasteiger charge is -2.46. The fourth-order valence-corrected chi connectivity index (χ4v) is 11.4. The Balaban J connectivity index is 1.30. The van der Waals surface area contributed by atoms with Gasteiger partial charge in [-0.05, 0) is 141 Å². The molecule has 2 aliphatic rings. The van der Waals surface area contributed by atoms with E-state index in [4.69, 9.17) is 0 Å². The lowest BCUT2D eigenvalue weighted by Crippen LogP contribution is -2.61. The summed E-state index contributed by atoms with van der Waals surface area (Å²) in [6, 6.07) is 62.5. The molecule has 0 amide bonds. The number of fused-ring (bicyclic) bond motifs is 7. The Hall–Kier alpha value is -6.36. The minimum absolute atomic E-state index is 0.0249. The van der Waals surface area contributed by atoms with Crippen LogP contribution in [0.5, 0.6) is 0 Å². The van der Waals surface area contributed by atoms with Crippen molar-refractivity contribution in [3.05, 3.63) is 186 Å². The molecular formula is C58H51BN2S. The van der Waals surface area contributed by atoms with Gasteiger partial charge in [0.05, 0.1) is 5.69 Å². The maximum Gasteiger partial charge on any atom is 0.333 e. The summed E-state index contributed by atoms with van der Waals surface area (Å²) in [7, 11) is 0. The third kappa shape index (κ3) is 6.06. The fourth-order valence-electron chi connectivity index (χ4n) is 10.3. The number of benzene rings is 8. The van der Waals surface area contributed by atoms with Crippen LogP contribution < -0.4 is 20.6 Å². The smallest absolute Gasteiger partial charge is 0.333 e. The Morgan fingerprint density at radius 1 is 0.452 bits per heavy atom. The molecule has 3 heterocycles. The predicted molar refractivity (Wildman–Crippen MR) is 271 cm³/mol. The Kier molecular flexibility index (Phi) is 8.76. The minimum Gasteiger partial charge on any atom is -0.376 e. The quantitative estimate of drug-likeness (QED) is 0.163. The maximum absolute atomic E-state index is 2.64. The van der Waals surface area contributed by atoms with Crippen molar-refractivity contribution >= 4 is 77.7 Å². The summed E-state index contributed by atoms with van der Waals surface area (Å²) in [5.74, 6) is 0. The topological polar surface area (TPSA) is 6.48 Å². The number of para-hydroxylation sites is 1. The summed E-state index contributed by atoms with van der Waals surface area (Å²) in [6.07, 6.45) is 0. The summed E-state index contributed by atoms with van der Waals surface area (Å²) in [5, 5.41) is 2.61. The third-order valence-electron chi connectivity index (χ3n) is 13.4. The number of aryl methyl sites for hydroxylation is 2. The van der Waals surface area contributed by atoms with Crippen LogP contribution in [0.1, 0.15) is 63.8 Å². The summed E-state index contributed by atoms with van der Waals surface area (Å²) in [5.41, 5.74) is 21.5. The van der Waals surface area contributed by atoms with Gasteiger partial charge in [0, 0.05) is 54.0 Å². The molecule has 9 aromatic rings. The van der Waals surface area contributed by atoms with Gasteiger partial charge in [0.2, 0.25) is 0 Å². The van der Waals surface area contributed by atoms with E-state index in [9.17, 15) is 0 Å². The first-order chi connectivity index (χ1) is 29.8. The second kappa shape index (κ2) is 14.1. The van der Waals surface area contributed by atoms with Gasteiger partial charge in [0.15, 0.2) is 0 Å². The molecule has 0 atom stereocenters. The SMILES string of the molecule is Cc1cccc(C)c1-c1cc2c3c(c1)N(c1ccc(C(C)(C)C)cc1-c1ccccc1)c1cc4c(cc1B3N(c1ccc(C(C)(C)C)cc1)c1ccccc1-2)sc1ccccc14. The lowest BCUT2D eigenvalue weighted by atomic mass is 9.43. The van der Waals surface area contributed by atoms with Gasteiger partial charge in [-0.2, -0.15) is 0 Å². The monoisotopic (exact) mass is 818 g/mol. The second-order valence-electron chi connectivity index (χ2n) is 19.5. The van der Waals surface area contributed by atoms with Crippen molar-refractivity contribution in [3.63, 3.8) is 0 Å². The van der Waals surface area contributed by atoms with Crippen LogP contribution in [-0.2, 0) is 10.8 Å². The summed E-state index contributed by atoms with van der Waals surface area (Å²) >= 11 is 1.91. The van der Waals surface area contributed by atoms with Crippen LogP contribution >= 0.6 is 11.3 Å². The van der Waals surface area contributed by atoms with E-state index in [2.05, 4.69) is 229 Å². The van der Waals surface area contributed by atoms with Crippen molar-refractivity contribution < 1.29 is 0 Å². The zero-order valence-electron chi connectivity index (χ0n) is 37.0. The largest absolute Gasteiger partial charge is 0.376 e. The molecule has 0 radical (unpaired) electrons. The van der Waals surface area contributed by atoms with Gasteiger partial charge in [-0.25, -0.2) is 0 Å². The van der Waals surface area contributed by atoms with Crippen molar-refractivity contribution in [2.45, 2.75) is 66.2 Å². The van der Waals surface area contributed by atoms with Crippen LogP contribution in [0.3, 0.4) is 0 Å². The highest BCUT2D eigenvalue weighted by atomic mass is 32.1. The van der Waals surface area contributed by atoms with Gasteiger partial charge in [0.25, 0.3) is 0 Å². The molecule has 0 fully saturated rings. The Morgan fingerprint density at radius 2 is 1.13 bits per heavy atom. The van der Waals surface area contributed by atoms with Gasteiger partial charge in [0.1, 0.15) is 0 Å². The maximum atomic E-state index is 2.64. The number of anilines is 5. The molecule has 4 heteroatoms. The number of hydrogen-bond acceptors (Lipinski definition) is 3. The minimum atomic E-state index is -0.0858. The molecule has 2 nitrogen and oxygen atoms in total. The zero-order chi connectivity index (χ0) is 42.7. The van der Waals surface area contributed by atoms with Crippen LogP contribution in [0.2, 0.25) is 0 Å². The molecular weight excluding hydrogens is 768 g/mol. The molecule has 0 N–H and O–H groups in total. The van der Waals surface area contributed by atoms with Crippen molar-refractivity contribution in [3.8, 4) is 33.4 Å². The first kappa shape index (κ1) is 38.6. The first-order valence-corrected chi connectivity index (χ1v) is 22.9. The fraction of sp³-hybridized carbons (Fsp3) is 0.172. The number of hydrogen-bond donors (Lipinski definition) is 0. The molecule has 302 valence electrons. The molecule has 0 saturated heterocycles. The van der Waals surface area contributed by atoms with E-state index in [1.807, 2.05) is 11.3 Å². The highest BCUT2D eigenvalue weighted by Crippen LogP contribution is 2.51. The van der Waals surface area contributed by atoms with Crippen molar-refractivity contribution in [2.75, 3.05) is 9.71 Å². The zero-order valence-corrected chi connectivity index (χ0v) is 37.8. The molecule has 0 saturated carbocycles. The average Bonchev–Trinajstić information content (AvgIpc) is 3.63. The van der Waals surface area contributed by atoms with Crippen LogP contribution in [0, 0.1) is 13.8 Å². The average molecular weight is 819 g/mol. The highest BCUT2D eigenvalue weighted by molar-refractivity contribution is 7.26. The first-order valence-electron chi connectivity index (χ1n) is 22.0. The van der Waals surface area contributed by atoms with Gasteiger partial charge < -0.3 is 9.71 Å². The molecule has 0 aliphatic carbocycles. The Morgan fingerprint density at radius 3 is 1.87 bits per heavy atom. The number of rotatable bonds is 4. The Labute approximate surface area is 371 Å². The van der Waals surface area contributed by atoms with E-state index in [-0.39, 0.29) is 17.7 Å². The number of nitrogens with zero attached hydrogens (tertiary/aromatic N) is 2. The van der Waals surface area contributed by atoms with Crippen LogP contribution in [0.15, 0.2) is 164 Å². The molecule has 0 unspecified atom stereocenters. The lowest BCUT2D eigenvalue weighted by molar-refractivity contribution is 0.590. The van der Waals surface area contributed by atoms with Crippen LogP contribution in [0.4, 0.5) is 28.4 Å². The third-order valence-corrected chi connectivity index (χ3v) is 14.5. The second-order valence-corrected chi connectivity index (χ2v) is 20.6. The highest BCUT2D eigenvalue weighted by Gasteiger charge is 2.46. The van der Waals surface area contributed by atoms with Gasteiger partial charge in [-0.15, -0.1) is 11.3 Å². The molecule has 8 aromatic carbocycles. The van der Waals surface area contributed by atoms with E-state index in [1.54, 1.807) is 0 Å². The van der Waals surface area contributed by atoms with Crippen molar-refractivity contribution in [1.82, 2.24) is 0 Å². The van der Waals surface area contributed by atoms with Crippen LogP contribution in [-0.4, -0.2) is 6.85 Å². The predicted octanol–water partition coefficient (Wildman–Crippen LogP) is 15.3. The van der Waals surface area contributed by atoms with E-state index in [0.29, 0.717) is 0 Å². The molecule has 1 aromatic heterocycles. The normalized spacial score (nSPS) is 13.4. The van der Waals surface area contributed by atoms with Gasteiger partial charge in [-0.3, -0.25) is 0 Å². The molecule has 0 bridgehead atoms. The van der Waals surface area contributed by atoms with E-state index >= 15 is 0 Å². The number of thiophene rings is 1. The van der Waals surface area contributed by atoms with E-state index < -0.39 is 0 Å². The van der Waals surface area contributed by atoms with E-state index in [0.717, 1.165) is 0 Å². The molecule has 2 aliphatic heterocycles. The molecule has 62 heavy (non-hydrogen) atoms. The van der Waals surface area contributed by atoms with Gasteiger partial charge in [-0.1, -0.05) is 145 Å². The van der Waals surface area contributed by atoms with Crippen LogP contribution in [0.25, 0.3) is 53.6 Å². The van der Waals surface area contributed by atoms with Crippen molar-refractivity contribution in [1.29, 1.82) is 0 Å². The van der Waals surface area contributed by atoms with Gasteiger partial charge >= 0.3 is 6.85 Å². The van der Waals surface area contributed by atoms with Crippen molar-refractivity contribution in [2.24, 2.45) is 0 Å². The standard InChI is InChI=1S/C58H51BN2S/c1-36-17-16-18-37(2)55(36)39-31-47-43-21-12-14-23-50(43)61(42-28-25-40(26-29-42)57(3,4)5)59-48-35-54-46(44-22-13-15-24-53(44)62-54)34-51(48)60(52(32-39)56(47)59)49-30-27-41(58(6,7)8)33-45(49)38-19-10-9-11-20-38/h9-35H,1-8H3.